The maximum atomic E-state index is 12.9. The molecule has 17 heavy (non-hydrogen) atoms. The highest BCUT2D eigenvalue weighted by molar-refractivity contribution is 5.76. The highest BCUT2D eigenvalue weighted by Crippen LogP contribution is 2.31. The third-order valence-corrected chi connectivity index (χ3v) is 2.29. The molecule has 0 radical (unpaired) electrons. The third kappa shape index (κ3) is 2.10. The summed E-state index contributed by atoms with van der Waals surface area (Å²) in [5.74, 6) is -1.79. The fourth-order valence-electron chi connectivity index (χ4n) is 1.65. The second-order valence-corrected chi connectivity index (χ2v) is 3.44. The van der Waals surface area contributed by atoms with Crippen LogP contribution in [0.4, 0.5) is 17.6 Å². The topological polar surface area (TPSA) is 38.0 Å². The van der Waals surface area contributed by atoms with E-state index in [0.717, 1.165) is 16.7 Å². The molecular weight excluding hydrogens is 240 g/mol. The van der Waals surface area contributed by atoms with Gasteiger partial charge in [-0.15, -0.1) is 0 Å². The Kier molecular flexibility index (Phi) is 2.78. The highest BCUT2D eigenvalue weighted by Gasteiger charge is 2.37. The Morgan fingerprint density at radius 3 is 2.59 bits per heavy atom. The van der Waals surface area contributed by atoms with Crippen LogP contribution in [0.15, 0.2) is 18.2 Å². The summed E-state index contributed by atoms with van der Waals surface area (Å²) in [5.41, 5.74) is 0.0681. The molecular formula is C10H8F4N2O. The number of hydrogen-bond donors (Lipinski definition) is 1. The van der Waals surface area contributed by atoms with Gasteiger partial charge in [-0.3, -0.25) is 0 Å². The number of nitrogens with zero attached hydrogens (tertiary/aromatic N) is 2. The third-order valence-electron chi connectivity index (χ3n) is 2.29. The fraction of sp³-hybridized carbons (Fsp3) is 0.300. The van der Waals surface area contributed by atoms with Crippen molar-refractivity contribution in [2.45, 2.75) is 12.7 Å². The van der Waals surface area contributed by atoms with E-state index in [9.17, 15) is 17.6 Å². The Morgan fingerprint density at radius 2 is 2.00 bits per heavy atom. The van der Waals surface area contributed by atoms with Crippen molar-refractivity contribution in [2.24, 2.45) is 0 Å². The average molecular weight is 248 g/mol. The summed E-state index contributed by atoms with van der Waals surface area (Å²) in [7, 11) is 0. The van der Waals surface area contributed by atoms with Crippen LogP contribution in [0.2, 0.25) is 0 Å². The fourth-order valence-corrected chi connectivity index (χ4v) is 1.65. The van der Waals surface area contributed by atoms with Crippen molar-refractivity contribution in [3.63, 3.8) is 0 Å². The quantitative estimate of drug-likeness (QED) is 0.827. The van der Waals surface area contributed by atoms with Crippen LogP contribution < -0.4 is 0 Å². The summed E-state index contributed by atoms with van der Waals surface area (Å²) in [6.07, 6.45) is -4.63. The number of aromatic nitrogens is 2. The summed E-state index contributed by atoms with van der Waals surface area (Å²) in [4.78, 5) is 3.35. The Hall–Kier alpha value is -1.63. The van der Waals surface area contributed by atoms with E-state index < -0.39 is 24.4 Å². The van der Waals surface area contributed by atoms with E-state index in [1.807, 2.05) is 0 Å². The maximum Gasteiger partial charge on any atom is 0.449 e. The molecule has 0 fully saturated rings. The molecule has 1 aromatic heterocycles. The van der Waals surface area contributed by atoms with Crippen molar-refractivity contribution in [2.75, 3.05) is 6.61 Å². The molecule has 0 aliphatic rings. The van der Waals surface area contributed by atoms with Gasteiger partial charge in [0.1, 0.15) is 5.82 Å². The van der Waals surface area contributed by atoms with Crippen LogP contribution in [0.3, 0.4) is 0 Å². The van der Waals surface area contributed by atoms with Gasteiger partial charge in [-0.1, -0.05) is 0 Å². The van der Waals surface area contributed by atoms with Gasteiger partial charge < -0.3 is 9.67 Å². The minimum absolute atomic E-state index is 0.0780. The molecule has 0 aliphatic carbocycles. The number of halogens is 4. The van der Waals surface area contributed by atoms with Crippen molar-refractivity contribution in [3.05, 3.63) is 29.8 Å². The number of benzene rings is 1. The molecule has 1 N–H and O–H groups in total. The van der Waals surface area contributed by atoms with Gasteiger partial charge in [-0.2, -0.15) is 13.2 Å². The monoisotopic (exact) mass is 248 g/mol. The van der Waals surface area contributed by atoms with Crippen molar-refractivity contribution >= 4 is 11.0 Å². The number of hydrogen-bond acceptors (Lipinski definition) is 2. The van der Waals surface area contributed by atoms with Gasteiger partial charge in [-0.05, 0) is 12.1 Å². The number of aliphatic hydroxyl groups excluding tert-OH is 1. The predicted molar refractivity (Wildman–Crippen MR) is 51.8 cm³/mol. The molecule has 0 atom stereocenters. The van der Waals surface area contributed by atoms with Gasteiger partial charge in [0.2, 0.25) is 5.82 Å². The lowest BCUT2D eigenvalue weighted by Gasteiger charge is -2.09. The summed E-state index contributed by atoms with van der Waals surface area (Å²) in [5, 5.41) is 8.75. The molecule has 1 aromatic carbocycles. The van der Waals surface area contributed by atoms with Crippen LogP contribution in [0.5, 0.6) is 0 Å². The molecule has 0 saturated heterocycles. The van der Waals surface area contributed by atoms with Gasteiger partial charge in [-0.25, -0.2) is 9.37 Å². The lowest BCUT2D eigenvalue weighted by molar-refractivity contribution is -0.147. The summed E-state index contributed by atoms with van der Waals surface area (Å²) in [6.45, 7) is -0.692. The number of rotatable bonds is 2. The minimum atomic E-state index is -4.63. The van der Waals surface area contributed by atoms with Crippen molar-refractivity contribution in [3.8, 4) is 0 Å². The highest BCUT2D eigenvalue weighted by atomic mass is 19.4. The zero-order valence-corrected chi connectivity index (χ0v) is 8.50. The van der Waals surface area contributed by atoms with Gasteiger partial charge in [0.25, 0.3) is 0 Å². The SMILES string of the molecule is OCCn1c(C(F)(F)F)nc2cc(F)ccc21. The van der Waals surface area contributed by atoms with E-state index in [-0.39, 0.29) is 17.6 Å². The van der Waals surface area contributed by atoms with Gasteiger partial charge in [0, 0.05) is 12.6 Å². The number of imidazole rings is 1. The van der Waals surface area contributed by atoms with Crippen molar-refractivity contribution < 1.29 is 22.7 Å². The molecule has 0 saturated carbocycles. The Morgan fingerprint density at radius 1 is 1.29 bits per heavy atom. The zero-order valence-electron chi connectivity index (χ0n) is 8.50. The lowest BCUT2D eigenvalue weighted by atomic mass is 10.3. The van der Waals surface area contributed by atoms with E-state index in [2.05, 4.69) is 4.98 Å². The molecule has 2 aromatic rings. The Bertz CT molecular complexity index is 547. The van der Waals surface area contributed by atoms with E-state index in [4.69, 9.17) is 5.11 Å². The summed E-state index contributed by atoms with van der Waals surface area (Å²) < 4.78 is 51.7. The van der Waals surface area contributed by atoms with Crippen molar-refractivity contribution in [1.29, 1.82) is 0 Å². The molecule has 0 unspecified atom stereocenters. The lowest BCUT2D eigenvalue weighted by Crippen LogP contribution is -2.16. The van der Waals surface area contributed by atoms with Crippen LogP contribution in [0.25, 0.3) is 11.0 Å². The van der Waals surface area contributed by atoms with Crippen LogP contribution in [0, 0.1) is 5.82 Å². The van der Waals surface area contributed by atoms with Crippen LogP contribution in [-0.2, 0) is 12.7 Å². The first-order valence-electron chi connectivity index (χ1n) is 4.77. The average Bonchev–Trinajstić information content (AvgIpc) is 2.56. The van der Waals surface area contributed by atoms with E-state index >= 15 is 0 Å². The van der Waals surface area contributed by atoms with Gasteiger partial charge in [0.05, 0.1) is 17.6 Å². The first-order chi connectivity index (χ1) is 7.93. The standard InChI is InChI=1S/C10H8F4N2O/c11-6-1-2-8-7(5-6)15-9(10(12,13)14)16(8)3-4-17/h1-2,5,17H,3-4H2. The van der Waals surface area contributed by atoms with Crippen LogP contribution >= 0.6 is 0 Å². The largest absolute Gasteiger partial charge is 0.449 e. The molecule has 0 aliphatic heterocycles. The molecule has 1 heterocycles. The second-order valence-electron chi connectivity index (χ2n) is 3.44. The molecule has 2 rings (SSSR count). The molecule has 92 valence electrons. The Balaban J connectivity index is 2.70. The minimum Gasteiger partial charge on any atom is -0.395 e. The first-order valence-corrected chi connectivity index (χ1v) is 4.77. The second kappa shape index (κ2) is 3.99. The predicted octanol–water partition coefficient (Wildman–Crippen LogP) is 2.19. The Labute approximate surface area is 93.3 Å². The summed E-state index contributed by atoms with van der Waals surface area (Å²) >= 11 is 0. The maximum absolute atomic E-state index is 12.9. The molecule has 0 amide bonds. The van der Waals surface area contributed by atoms with Gasteiger partial charge in [0.15, 0.2) is 0 Å². The normalized spacial score (nSPS) is 12.3. The number of aliphatic hydroxyl groups is 1. The van der Waals surface area contributed by atoms with Crippen LogP contribution in [-0.4, -0.2) is 21.3 Å². The smallest absolute Gasteiger partial charge is 0.395 e. The molecule has 7 heteroatoms. The molecule has 0 spiro atoms. The van der Waals surface area contributed by atoms with E-state index in [1.54, 1.807) is 0 Å². The number of alkyl halides is 3. The number of fused-ring (bicyclic) bond motifs is 1. The molecule has 3 nitrogen and oxygen atoms in total. The molecule has 0 bridgehead atoms. The van der Waals surface area contributed by atoms with Gasteiger partial charge >= 0.3 is 6.18 Å². The van der Waals surface area contributed by atoms with Crippen LogP contribution in [0.1, 0.15) is 5.82 Å². The first kappa shape index (κ1) is 11.8. The van der Waals surface area contributed by atoms with E-state index in [1.165, 1.54) is 6.07 Å². The van der Waals surface area contributed by atoms with Crippen molar-refractivity contribution in [1.82, 2.24) is 9.55 Å². The summed E-state index contributed by atoms with van der Waals surface area (Å²) in [6, 6.07) is 3.19. The zero-order chi connectivity index (χ0) is 12.6. The van der Waals surface area contributed by atoms with E-state index in [0.29, 0.717) is 0 Å².